The maximum atomic E-state index is 4.34. The molecule has 1 aliphatic heterocycles. The van der Waals surface area contributed by atoms with E-state index < -0.39 is 0 Å². The summed E-state index contributed by atoms with van der Waals surface area (Å²) in [5.41, 5.74) is 2.17. The molecular formula is C10H17N3. The van der Waals surface area contributed by atoms with Gasteiger partial charge in [-0.25, -0.2) is 4.98 Å². The molecule has 1 aromatic heterocycles. The number of rotatable bonds is 0. The predicted molar refractivity (Wildman–Crippen MR) is 57.3 cm³/mol. The van der Waals surface area contributed by atoms with Gasteiger partial charge in [-0.1, -0.05) is 13.8 Å². The van der Waals surface area contributed by atoms with Crippen molar-refractivity contribution in [2.75, 3.05) is 23.7 Å². The Morgan fingerprint density at radius 2 is 1.85 bits per heavy atom. The van der Waals surface area contributed by atoms with Gasteiger partial charge in [-0.2, -0.15) is 0 Å². The third-order valence-corrected chi connectivity index (χ3v) is 1.77. The Bertz CT molecular complexity index is 271. The molecule has 0 amide bonds. The summed E-state index contributed by atoms with van der Waals surface area (Å²) < 4.78 is 0. The summed E-state index contributed by atoms with van der Waals surface area (Å²) >= 11 is 0. The van der Waals surface area contributed by atoms with Gasteiger partial charge in [0.2, 0.25) is 0 Å². The fourth-order valence-corrected chi connectivity index (χ4v) is 1.21. The summed E-state index contributed by atoms with van der Waals surface area (Å²) in [7, 11) is 0. The highest BCUT2D eigenvalue weighted by Crippen LogP contribution is 2.20. The molecule has 0 radical (unpaired) electrons. The second-order valence-corrected chi connectivity index (χ2v) is 2.70. The van der Waals surface area contributed by atoms with Gasteiger partial charge in [-0.3, -0.25) is 0 Å². The molecule has 3 heteroatoms. The van der Waals surface area contributed by atoms with Crippen LogP contribution in [0.5, 0.6) is 0 Å². The molecule has 1 aromatic rings. The molecular weight excluding hydrogens is 162 g/mol. The number of anilines is 2. The van der Waals surface area contributed by atoms with Crippen LogP contribution >= 0.6 is 0 Å². The molecule has 0 aromatic carbocycles. The van der Waals surface area contributed by atoms with Crippen molar-refractivity contribution in [3.05, 3.63) is 17.8 Å². The minimum Gasteiger partial charge on any atom is -0.380 e. The van der Waals surface area contributed by atoms with Crippen molar-refractivity contribution in [3.8, 4) is 0 Å². The monoisotopic (exact) mass is 179 g/mol. The van der Waals surface area contributed by atoms with E-state index in [2.05, 4.69) is 21.7 Å². The molecule has 0 aliphatic carbocycles. The zero-order valence-electron chi connectivity index (χ0n) is 8.52. The van der Waals surface area contributed by atoms with E-state index >= 15 is 0 Å². The smallest absolute Gasteiger partial charge is 0.149 e. The van der Waals surface area contributed by atoms with Crippen molar-refractivity contribution < 1.29 is 0 Å². The summed E-state index contributed by atoms with van der Waals surface area (Å²) in [6.45, 7) is 7.94. The second kappa shape index (κ2) is 4.70. The summed E-state index contributed by atoms with van der Waals surface area (Å²) in [4.78, 5) is 4.34. The van der Waals surface area contributed by atoms with E-state index in [0.717, 1.165) is 30.3 Å². The summed E-state index contributed by atoms with van der Waals surface area (Å²) in [5, 5.41) is 6.49. The predicted octanol–water partition coefficient (Wildman–Crippen LogP) is 2.25. The van der Waals surface area contributed by atoms with Gasteiger partial charge in [0, 0.05) is 18.8 Å². The van der Waals surface area contributed by atoms with Crippen LogP contribution in [0.3, 0.4) is 0 Å². The normalized spacial score (nSPS) is 12.8. The van der Waals surface area contributed by atoms with E-state index in [1.54, 1.807) is 0 Å². The number of fused-ring (bicyclic) bond motifs is 1. The highest BCUT2D eigenvalue weighted by Gasteiger charge is 2.07. The third-order valence-electron chi connectivity index (χ3n) is 1.77. The molecule has 2 rings (SSSR count). The van der Waals surface area contributed by atoms with Crippen LogP contribution in [0.15, 0.2) is 12.1 Å². The lowest BCUT2D eigenvalue weighted by Gasteiger charge is -2.18. The Labute approximate surface area is 79.6 Å². The Kier molecular flexibility index (Phi) is 3.55. The van der Waals surface area contributed by atoms with Gasteiger partial charge in [-0.15, -0.1) is 0 Å². The van der Waals surface area contributed by atoms with Gasteiger partial charge in [0.25, 0.3) is 0 Å². The fourth-order valence-electron chi connectivity index (χ4n) is 1.21. The first-order chi connectivity index (χ1) is 6.36. The number of aromatic nitrogens is 1. The van der Waals surface area contributed by atoms with Gasteiger partial charge >= 0.3 is 0 Å². The molecule has 3 nitrogen and oxygen atoms in total. The lowest BCUT2D eigenvalue weighted by atomic mass is 10.3. The summed E-state index contributed by atoms with van der Waals surface area (Å²) in [6.07, 6.45) is 0. The first kappa shape index (κ1) is 9.84. The largest absolute Gasteiger partial charge is 0.380 e. The standard InChI is InChI=1S/C8H11N3.C2H6/c1-6-2-3-7-8(11-6)10-5-4-9-7;1-2/h2-3,9H,4-5H2,1H3,(H,10,11);1-2H3. The van der Waals surface area contributed by atoms with E-state index in [0.29, 0.717) is 0 Å². The molecule has 1 aliphatic rings. The van der Waals surface area contributed by atoms with Gasteiger partial charge in [0.05, 0.1) is 5.69 Å². The molecule has 0 bridgehead atoms. The minimum atomic E-state index is 0.962. The van der Waals surface area contributed by atoms with Crippen LogP contribution in [0.25, 0.3) is 0 Å². The van der Waals surface area contributed by atoms with Crippen molar-refractivity contribution in [2.24, 2.45) is 0 Å². The highest BCUT2D eigenvalue weighted by atomic mass is 15.1. The summed E-state index contributed by atoms with van der Waals surface area (Å²) in [6, 6.07) is 4.07. The van der Waals surface area contributed by atoms with Crippen LogP contribution < -0.4 is 10.6 Å². The number of aryl methyl sites for hydroxylation is 1. The molecule has 0 saturated heterocycles. The summed E-state index contributed by atoms with van der Waals surface area (Å²) in [5.74, 6) is 0.983. The van der Waals surface area contributed by atoms with Crippen molar-refractivity contribution in [2.45, 2.75) is 20.8 Å². The topological polar surface area (TPSA) is 37.0 Å². The molecule has 2 heterocycles. The van der Waals surface area contributed by atoms with E-state index in [1.165, 1.54) is 0 Å². The van der Waals surface area contributed by atoms with Crippen LogP contribution in [-0.4, -0.2) is 18.1 Å². The number of hydrogen-bond donors (Lipinski definition) is 2. The average Bonchev–Trinajstić information content (AvgIpc) is 2.21. The quantitative estimate of drug-likeness (QED) is 0.641. The highest BCUT2D eigenvalue weighted by molar-refractivity contribution is 5.66. The first-order valence-electron chi connectivity index (χ1n) is 4.82. The fraction of sp³-hybridized carbons (Fsp3) is 0.500. The Hall–Kier alpha value is -1.25. The SMILES string of the molecule is CC.Cc1ccc2c(n1)NCCN2. The molecule has 13 heavy (non-hydrogen) atoms. The first-order valence-corrected chi connectivity index (χ1v) is 4.82. The molecule has 2 N–H and O–H groups in total. The number of nitrogens with zero attached hydrogens (tertiary/aromatic N) is 1. The molecule has 72 valence electrons. The van der Waals surface area contributed by atoms with Gasteiger partial charge in [0.15, 0.2) is 0 Å². The van der Waals surface area contributed by atoms with Crippen LogP contribution in [0.1, 0.15) is 19.5 Å². The Morgan fingerprint density at radius 1 is 1.15 bits per heavy atom. The third kappa shape index (κ3) is 2.34. The second-order valence-electron chi connectivity index (χ2n) is 2.70. The van der Waals surface area contributed by atoms with E-state index in [-0.39, 0.29) is 0 Å². The van der Waals surface area contributed by atoms with Crippen LogP contribution in [0.4, 0.5) is 11.5 Å². The van der Waals surface area contributed by atoms with Gasteiger partial charge < -0.3 is 10.6 Å². The molecule has 0 fully saturated rings. The number of pyridine rings is 1. The van der Waals surface area contributed by atoms with Crippen LogP contribution in [0.2, 0.25) is 0 Å². The molecule has 0 unspecified atom stereocenters. The van der Waals surface area contributed by atoms with E-state index in [4.69, 9.17) is 0 Å². The van der Waals surface area contributed by atoms with Gasteiger partial charge in [0.1, 0.15) is 5.82 Å². The van der Waals surface area contributed by atoms with E-state index in [1.807, 2.05) is 26.8 Å². The van der Waals surface area contributed by atoms with Crippen LogP contribution in [-0.2, 0) is 0 Å². The van der Waals surface area contributed by atoms with Crippen molar-refractivity contribution in [3.63, 3.8) is 0 Å². The number of hydrogen-bond acceptors (Lipinski definition) is 3. The zero-order chi connectivity index (χ0) is 9.68. The molecule has 0 atom stereocenters. The minimum absolute atomic E-state index is 0.962. The van der Waals surface area contributed by atoms with Crippen molar-refractivity contribution in [1.82, 2.24) is 4.98 Å². The molecule has 0 saturated carbocycles. The van der Waals surface area contributed by atoms with Crippen molar-refractivity contribution >= 4 is 11.5 Å². The Balaban J connectivity index is 0.000000396. The lowest BCUT2D eigenvalue weighted by Crippen LogP contribution is -2.21. The Morgan fingerprint density at radius 3 is 2.62 bits per heavy atom. The molecule has 0 spiro atoms. The van der Waals surface area contributed by atoms with Gasteiger partial charge in [-0.05, 0) is 19.1 Å². The zero-order valence-corrected chi connectivity index (χ0v) is 8.52. The van der Waals surface area contributed by atoms with Crippen LogP contribution in [0, 0.1) is 6.92 Å². The van der Waals surface area contributed by atoms with E-state index in [9.17, 15) is 0 Å². The maximum Gasteiger partial charge on any atom is 0.149 e. The lowest BCUT2D eigenvalue weighted by molar-refractivity contribution is 1.01. The van der Waals surface area contributed by atoms with Crippen molar-refractivity contribution in [1.29, 1.82) is 0 Å². The average molecular weight is 179 g/mol. The number of nitrogens with one attached hydrogen (secondary N) is 2. The maximum absolute atomic E-state index is 4.34.